The molecular weight excluding hydrogens is 196 g/mol. The normalized spacial score (nSPS) is 30.4. The Hall–Kier alpha value is -0.0800. The molecule has 0 radical (unpaired) electrons. The average Bonchev–Trinajstić information content (AvgIpc) is 2.19. The van der Waals surface area contributed by atoms with E-state index in [0.717, 1.165) is 18.0 Å². The van der Waals surface area contributed by atoms with E-state index in [1.165, 1.54) is 25.9 Å². The Bertz CT molecular complexity index is 207. The molecule has 0 spiro atoms. The first kappa shape index (κ1) is 14.0. The lowest BCUT2D eigenvalue weighted by Gasteiger charge is -2.41. The smallest absolute Gasteiger partial charge is 0.00910 e. The van der Waals surface area contributed by atoms with Crippen molar-refractivity contribution in [3.8, 4) is 0 Å². The lowest BCUT2D eigenvalue weighted by Crippen LogP contribution is -2.48. The number of rotatable bonds is 3. The molecule has 96 valence electrons. The second kappa shape index (κ2) is 5.50. The maximum atomic E-state index is 3.41. The van der Waals surface area contributed by atoms with Crippen LogP contribution in [0.25, 0.3) is 0 Å². The van der Waals surface area contributed by atoms with Crippen molar-refractivity contribution in [2.75, 3.05) is 20.1 Å². The standard InChI is InChI=1S/C14H30N2/c1-11(14(3,4)5)10-16-8-7-13(15-6)9-12(16)2/h11-13,15H,7-10H2,1-6H3. The first-order chi connectivity index (χ1) is 7.34. The SMILES string of the molecule is CNC1CCN(CC(C)C(C)(C)C)C(C)C1. The van der Waals surface area contributed by atoms with Crippen molar-refractivity contribution >= 4 is 0 Å². The summed E-state index contributed by atoms with van der Waals surface area (Å²) >= 11 is 0. The van der Waals surface area contributed by atoms with Crippen molar-refractivity contribution in [3.63, 3.8) is 0 Å². The van der Waals surface area contributed by atoms with Crippen LogP contribution in [-0.2, 0) is 0 Å². The van der Waals surface area contributed by atoms with Crippen LogP contribution in [0.3, 0.4) is 0 Å². The van der Waals surface area contributed by atoms with Gasteiger partial charge >= 0.3 is 0 Å². The first-order valence-electron chi connectivity index (χ1n) is 6.76. The Morgan fingerprint density at radius 2 is 2.00 bits per heavy atom. The fourth-order valence-corrected chi connectivity index (χ4v) is 2.38. The third kappa shape index (κ3) is 3.74. The highest BCUT2D eigenvalue weighted by Crippen LogP contribution is 2.28. The summed E-state index contributed by atoms with van der Waals surface area (Å²) < 4.78 is 0. The van der Waals surface area contributed by atoms with Crippen LogP contribution in [0.5, 0.6) is 0 Å². The molecule has 1 N–H and O–H groups in total. The maximum Gasteiger partial charge on any atom is 0.00910 e. The van der Waals surface area contributed by atoms with Gasteiger partial charge in [0.1, 0.15) is 0 Å². The van der Waals surface area contributed by atoms with Crippen LogP contribution in [0.2, 0.25) is 0 Å². The van der Waals surface area contributed by atoms with E-state index in [4.69, 9.17) is 0 Å². The van der Waals surface area contributed by atoms with Crippen LogP contribution in [0.15, 0.2) is 0 Å². The molecule has 0 aromatic heterocycles. The van der Waals surface area contributed by atoms with Gasteiger partial charge in [-0.3, -0.25) is 0 Å². The van der Waals surface area contributed by atoms with Crippen molar-refractivity contribution in [2.24, 2.45) is 11.3 Å². The molecule has 0 bridgehead atoms. The third-order valence-corrected chi connectivity index (χ3v) is 4.41. The van der Waals surface area contributed by atoms with Crippen LogP contribution in [0.4, 0.5) is 0 Å². The fraction of sp³-hybridized carbons (Fsp3) is 1.00. The summed E-state index contributed by atoms with van der Waals surface area (Å²) in [6.45, 7) is 14.3. The quantitative estimate of drug-likeness (QED) is 0.796. The minimum Gasteiger partial charge on any atom is -0.317 e. The summed E-state index contributed by atoms with van der Waals surface area (Å²) in [5.74, 6) is 0.765. The number of hydrogen-bond acceptors (Lipinski definition) is 2. The minimum absolute atomic E-state index is 0.430. The van der Waals surface area contributed by atoms with Crippen LogP contribution < -0.4 is 5.32 Å². The highest BCUT2D eigenvalue weighted by atomic mass is 15.2. The molecule has 2 heteroatoms. The number of hydrogen-bond donors (Lipinski definition) is 1. The molecule has 1 rings (SSSR count). The number of nitrogens with one attached hydrogen (secondary N) is 1. The van der Waals surface area contributed by atoms with Gasteiger partial charge in [-0.05, 0) is 44.7 Å². The van der Waals surface area contributed by atoms with E-state index in [9.17, 15) is 0 Å². The Morgan fingerprint density at radius 1 is 1.38 bits per heavy atom. The molecule has 0 saturated carbocycles. The topological polar surface area (TPSA) is 15.3 Å². The molecule has 1 fully saturated rings. The van der Waals surface area contributed by atoms with E-state index in [1.807, 2.05) is 0 Å². The molecular formula is C14H30N2. The molecule has 1 saturated heterocycles. The van der Waals surface area contributed by atoms with Crippen molar-refractivity contribution in [3.05, 3.63) is 0 Å². The lowest BCUT2D eigenvalue weighted by atomic mass is 9.81. The molecule has 1 aliphatic heterocycles. The summed E-state index contributed by atoms with van der Waals surface area (Å²) in [6.07, 6.45) is 2.60. The monoisotopic (exact) mass is 226 g/mol. The zero-order valence-electron chi connectivity index (χ0n) is 12.0. The van der Waals surface area contributed by atoms with Gasteiger partial charge in [0.25, 0.3) is 0 Å². The molecule has 0 amide bonds. The zero-order valence-corrected chi connectivity index (χ0v) is 12.0. The Labute approximate surface area is 102 Å². The summed E-state index contributed by atoms with van der Waals surface area (Å²) in [5, 5.41) is 3.41. The molecule has 0 aromatic carbocycles. The highest BCUT2D eigenvalue weighted by Gasteiger charge is 2.28. The molecule has 3 atom stereocenters. The zero-order chi connectivity index (χ0) is 12.3. The van der Waals surface area contributed by atoms with Gasteiger partial charge in [0.05, 0.1) is 0 Å². The maximum absolute atomic E-state index is 3.41. The predicted molar refractivity (Wildman–Crippen MR) is 71.7 cm³/mol. The van der Waals surface area contributed by atoms with Gasteiger partial charge in [-0.15, -0.1) is 0 Å². The highest BCUT2D eigenvalue weighted by molar-refractivity contribution is 4.84. The Morgan fingerprint density at radius 3 is 2.44 bits per heavy atom. The minimum atomic E-state index is 0.430. The molecule has 2 nitrogen and oxygen atoms in total. The van der Waals surface area contributed by atoms with E-state index >= 15 is 0 Å². The van der Waals surface area contributed by atoms with Crippen LogP contribution in [-0.4, -0.2) is 37.1 Å². The molecule has 1 heterocycles. The predicted octanol–water partition coefficient (Wildman–Crippen LogP) is 2.74. The number of likely N-dealkylation sites (tertiary alicyclic amines) is 1. The van der Waals surface area contributed by atoms with E-state index in [2.05, 4.69) is 51.9 Å². The molecule has 0 aliphatic carbocycles. The molecule has 0 aromatic rings. The third-order valence-electron chi connectivity index (χ3n) is 4.41. The van der Waals surface area contributed by atoms with Crippen LogP contribution in [0, 0.1) is 11.3 Å². The van der Waals surface area contributed by atoms with E-state index in [-0.39, 0.29) is 0 Å². The van der Waals surface area contributed by atoms with Crippen molar-refractivity contribution in [1.29, 1.82) is 0 Å². The Balaban J connectivity index is 2.44. The van der Waals surface area contributed by atoms with Crippen LogP contribution >= 0.6 is 0 Å². The second-order valence-corrected chi connectivity index (χ2v) is 6.62. The Kier molecular flexibility index (Phi) is 4.81. The second-order valence-electron chi connectivity index (χ2n) is 6.62. The largest absolute Gasteiger partial charge is 0.317 e. The van der Waals surface area contributed by atoms with Gasteiger partial charge in [0, 0.05) is 18.6 Å². The van der Waals surface area contributed by atoms with Crippen LogP contribution in [0.1, 0.15) is 47.5 Å². The first-order valence-corrected chi connectivity index (χ1v) is 6.76. The van der Waals surface area contributed by atoms with Gasteiger partial charge in [-0.2, -0.15) is 0 Å². The molecule has 3 unspecified atom stereocenters. The number of piperidine rings is 1. The summed E-state index contributed by atoms with van der Waals surface area (Å²) in [7, 11) is 2.09. The average molecular weight is 226 g/mol. The fourth-order valence-electron chi connectivity index (χ4n) is 2.38. The summed E-state index contributed by atoms with van der Waals surface area (Å²) in [6, 6.07) is 1.46. The molecule has 16 heavy (non-hydrogen) atoms. The number of nitrogens with zero attached hydrogens (tertiary/aromatic N) is 1. The lowest BCUT2D eigenvalue weighted by molar-refractivity contribution is 0.0903. The molecule has 1 aliphatic rings. The van der Waals surface area contributed by atoms with Crippen molar-refractivity contribution in [2.45, 2.75) is 59.5 Å². The van der Waals surface area contributed by atoms with E-state index < -0.39 is 0 Å². The van der Waals surface area contributed by atoms with Gasteiger partial charge < -0.3 is 10.2 Å². The summed E-state index contributed by atoms with van der Waals surface area (Å²) in [5.41, 5.74) is 0.430. The van der Waals surface area contributed by atoms with Gasteiger partial charge in [-0.25, -0.2) is 0 Å². The van der Waals surface area contributed by atoms with Crippen molar-refractivity contribution < 1.29 is 0 Å². The summed E-state index contributed by atoms with van der Waals surface area (Å²) in [4.78, 5) is 2.67. The van der Waals surface area contributed by atoms with Gasteiger partial charge in [-0.1, -0.05) is 27.7 Å². The van der Waals surface area contributed by atoms with Crippen molar-refractivity contribution in [1.82, 2.24) is 10.2 Å². The van der Waals surface area contributed by atoms with Gasteiger partial charge in [0.15, 0.2) is 0 Å². The van der Waals surface area contributed by atoms with Gasteiger partial charge in [0.2, 0.25) is 0 Å². The van der Waals surface area contributed by atoms with E-state index in [0.29, 0.717) is 5.41 Å². The van der Waals surface area contributed by atoms with E-state index in [1.54, 1.807) is 0 Å².